The largest absolute Gasteiger partial charge is 0.489 e. The second kappa shape index (κ2) is 4.70. The molecule has 3 heteroatoms. The molecule has 0 saturated heterocycles. The van der Waals surface area contributed by atoms with Gasteiger partial charge in [0.05, 0.1) is 5.56 Å². The van der Waals surface area contributed by atoms with Gasteiger partial charge < -0.3 is 9.84 Å². The van der Waals surface area contributed by atoms with Gasteiger partial charge in [-0.3, -0.25) is 0 Å². The molecule has 2 aromatic rings. The van der Waals surface area contributed by atoms with E-state index in [1.165, 1.54) is 0 Å². The molecular formula is C14H12O3. The summed E-state index contributed by atoms with van der Waals surface area (Å²) in [5, 5.41) is 10.6. The monoisotopic (exact) mass is 228 g/mol. The molecule has 0 saturated carbocycles. The van der Waals surface area contributed by atoms with E-state index in [9.17, 15) is 4.79 Å². The van der Waals surface area contributed by atoms with Gasteiger partial charge in [-0.05, 0) is 17.5 Å². The lowest BCUT2D eigenvalue weighted by molar-refractivity contribution is 0.0699. The summed E-state index contributed by atoms with van der Waals surface area (Å²) in [6.07, 6.45) is 1.65. The summed E-state index contributed by atoms with van der Waals surface area (Å²) >= 11 is 0. The third-order valence-electron chi connectivity index (χ3n) is 2.47. The first kappa shape index (κ1) is 11.2. The molecule has 0 atom stereocenters. The lowest BCUT2D eigenvalue weighted by atomic mass is 10.0. The van der Waals surface area contributed by atoms with Crippen molar-refractivity contribution >= 4 is 16.7 Å². The number of hydrogen-bond donors (Lipinski definition) is 1. The first-order valence-electron chi connectivity index (χ1n) is 5.23. The minimum Gasteiger partial charge on any atom is -0.489 e. The fraction of sp³-hybridized carbons (Fsp3) is 0.0714. The number of fused-ring (bicyclic) bond motifs is 1. The van der Waals surface area contributed by atoms with Crippen LogP contribution >= 0.6 is 0 Å². The first-order chi connectivity index (χ1) is 8.24. The Morgan fingerprint density at radius 2 is 1.94 bits per heavy atom. The van der Waals surface area contributed by atoms with Crippen molar-refractivity contribution in [3.05, 3.63) is 54.6 Å². The number of carboxylic acid groups (broad SMARTS) is 1. The number of hydrogen-bond acceptors (Lipinski definition) is 2. The van der Waals surface area contributed by atoms with Gasteiger partial charge in [-0.1, -0.05) is 36.9 Å². The molecule has 0 unspecified atom stereocenters. The fourth-order valence-corrected chi connectivity index (χ4v) is 1.74. The molecule has 0 amide bonds. The van der Waals surface area contributed by atoms with E-state index in [1.807, 2.05) is 12.1 Å². The van der Waals surface area contributed by atoms with Crippen LogP contribution in [-0.4, -0.2) is 17.7 Å². The van der Waals surface area contributed by atoms with Crippen molar-refractivity contribution in [2.45, 2.75) is 0 Å². The average molecular weight is 228 g/mol. The maximum Gasteiger partial charge on any atom is 0.336 e. The minimum absolute atomic E-state index is 0.284. The molecule has 2 aromatic carbocycles. The third-order valence-corrected chi connectivity index (χ3v) is 2.47. The number of rotatable bonds is 4. The maximum absolute atomic E-state index is 11.1. The van der Waals surface area contributed by atoms with E-state index in [2.05, 4.69) is 6.58 Å². The molecule has 0 aliphatic heterocycles. The van der Waals surface area contributed by atoms with Gasteiger partial charge in [-0.2, -0.15) is 0 Å². The van der Waals surface area contributed by atoms with Crippen LogP contribution in [0, 0.1) is 0 Å². The molecule has 0 aliphatic carbocycles. The zero-order valence-corrected chi connectivity index (χ0v) is 9.22. The summed E-state index contributed by atoms with van der Waals surface area (Å²) in [5.41, 5.74) is 0.284. The smallest absolute Gasteiger partial charge is 0.336 e. The summed E-state index contributed by atoms with van der Waals surface area (Å²) in [5.74, 6) is -0.262. The third kappa shape index (κ3) is 2.13. The van der Waals surface area contributed by atoms with E-state index in [1.54, 1.807) is 30.3 Å². The van der Waals surface area contributed by atoms with Crippen molar-refractivity contribution in [1.29, 1.82) is 0 Å². The van der Waals surface area contributed by atoms with E-state index in [0.717, 1.165) is 5.39 Å². The van der Waals surface area contributed by atoms with Crippen molar-refractivity contribution in [3.8, 4) is 5.75 Å². The summed E-state index contributed by atoms with van der Waals surface area (Å²) in [7, 11) is 0. The molecule has 0 spiro atoms. The average Bonchev–Trinajstić information content (AvgIpc) is 2.35. The van der Waals surface area contributed by atoms with Crippen LogP contribution < -0.4 is 4.74 Å². The van der Waals surface area contributed by atoms with Crippen LogP contribution in [0.2, 0.25) is 0 Å². The standard InChI is InChI=1S/C14H12O3/c1-2-9-17-13-8-4-5-10-11(13)6-3-7-12(10)14(15)16/h2-8H,1,9H2,(H,15,16). The molecule has 0 aromatic heterocycles. The van der Waals surface area contributed by atoms with Crippen molar-refractivity contribution in [1.82, 2.24) is 0 Å². The Balaban J connectivity index is 2.61. The number of ether oxygens (including phenoxy) is 1. The van der Waals surface area contributed by atoms with Crippen molar-refractivity contribution in [2.75, 3.05) is 6.61 Å². The van der Waals surface area contributed by atoms with Gasteiger partial charge >= 0.3 is 5.97 Å². The molecule has 0 bridgehead atoms. The Hall–Kier alpha value is -2.29. The summed E-state index contributed by atoms with van der Waals surface area (Å²) in [6.45, 7) is 3.98. The highest BCUT2D eigenvalue weighted by atomic mass is 16.5. The van der Waals surface area contributed by atoms with E-state index in [-0.39, 0.29) is 5.56 Å². The fourth-order valence-electron chi connectivity index (χ4n) is 1.74. The zero-order valence-electron chi connectivity index (χ0n) is 9.22. The Morgan fingerprint density at radius 3 is 2.65 bits per heavy atom. The molecule has 0 heterocycles. The highest BCUT2D eigenvalue weighted by molar-refractivity contribution is 6.05. The predicted octanol–water partition coefficient (Wildman–Crippen LogP) is 3.10. The lowest BCUT2D eigenvalue weighted by Crippen LogP contribution is -1.99. The van der Waals surface area contributed by atoms with Gasteiger partial charge in [0.2, 0.25) is 0 Å². The van der Waals surface area contributed by atoms with Gasteiger partial charge in [0.25, 0.3) is 0 Å². The van der Waals surface area contributed by atoms with E-state index in [4.69, 9.17) is 9.84 Å². The van der Waals surface area contributed by atoms with E-state index >= 15 is 0 Å². The van der Waals surface area contributed by atoms with Crippen LogP contribution in [0.15, 0.2) is 49.1 Å². The number of aromatic carboxylic acids is 1. The Bertz CT molecular complexity index is 573. The Kier molecular flexibility index (Phi) is 3.10. The number of benzene rings is 2. The molecule has 86 valence electrons. The quantitative estimate of drug-likeness (QED) is 0.818. The zero-order chi connectivity index (χ0) is 12.3. The number of carboxylic acids is 1. The maximum atomic E-state index is 11.1. The second-order valence-electron chi connectivity index (χ2n) is 3.56. The molecule has 0 radical (unpaired) electrons. The normalized spacial score (nSPS) is 10.1. The predicted molar refractivity (Wildman–Crippen MR) is 66.6 cm³/mol. The van der Waals surface area contributed by atoms with Gasteiger partial charge in [-0.15, -0.1) is 0 Å². The highest BCUT2D eigenvalue weighted by Gasteiger charge is 2.10. The molecular weight excluding hydrogens is 216 g/mol. The minimum atomic E-state index is -0.934. The second-order valence-corrected chi connectivity index (χ2v) is 3.56. The SMILES string of the molecule is C=CCOc1cccc2c(C(=O)O)cccc12. The Labute approximate surface area is 99.0 Å². The van der Waals surface area contributed by atoms with Gasteiger partial charge in [0, 0.05) is 5.39 Å². The van der Waals surface area contributed by atoms with Crippen LogP contribution in [-0.2, 0) is 0 Å². The summed E-state index contributed by atoms with van der Waals surface area (Å²) < 4.78 is 5.49. The van der Waals surface area contributed by atoms with Gasteiger partial charge in [-0.25, -0.2) is 4.79 Å². The van der Waals surface area contributed by atoms with Gasteiger partial charge in [0.15, 0.2) is 0 Å². The van der Waals surface area contributed by atoms with Crippen LogP contribution in [0.25, 0.3) is 10.8 Å². The molecule has 0 aliphatic rings. The summed E-state index contributed by atoms with van der Waals surface area (Å²) in [4.78, 5) is 11.1. The molecule has 3 nitrogen and oxygen atoms in total. The van der Waals surface area contributed by atoms with Crippen molar-refractivity contribution in [2.24, 2.45) is 0 Å². The van der Waals surface area contributed by atoms with Crippen LogP contribution in [0.5, 0.6) is 5.75 Å². The van der Waals surface area contributed by atoms with Crippen LogP contribution in [0.4, 0.5) is 0 Å². The lowest BCUT2D eigenvalue weighted by Gasteiger charge is -2.08. The summed E-state index contributed by atoms with van der Waals surface area (Å²) in [6, 6.07) is 10.5. The molecule has 0 fully saturated rings. The molecule has 2 rings (SSSR count). The van der Waals surface area contributed by atoms with Crippen molar-refractivity contribution in [3.63, 3.8) is 0 Å². The van der Waals surface area contributed by atoms with Crippen LogP contribution in [0.3, 0.4) is 0 Å². The topological polar surface area (TPSA) is 46.5 Å². The van der Waals surface area contributed by atoms with Crippen molar-refractivity contribution < 1.29 is 14.6 Å². The number of carbonyl (C=O) groups is 1. The van der Waals surface area contributed by atoms with Gasteiger partial charge in [0.1, 0.15) is 12.4 Å². The highest BCUT2D eigenvalue weighted by Crippen LogP contribution is 2.28. The first-order valence-corrected chi connectivity index (χ1v) is 5.23. The van der Waals surface area contributed by atoms with Crippen LogP contribution in [0.1, 0.15) is 10.4 Å². The Morgan fingerprint density at radius 1 is 1.24 bits per heavy atom. The molecule has 1 N–H and O–H groups in total. The van der Waals surface area contributed by atoms with E-state index < -0.39 is 5.97 Å². The van der Waals surface area contributed by atoms with E-state index in [0.29, 0.717) is 17.7 Å². The molecule has 17 heavy (non-hydrogen) atoms.